The van der Waals surface area contributed by atoms with E-state index in [1.54, 1.807) is 0 Å². The van der Waals surface area contributed by atoms with Crippen molar-refractivity contribution in [2.45, 2.75) is 134 Å². The smallest absolute Gasteiger partial charge is 0.114 e. The highest BCUT2D eigenvalue weighted by molar-refractivity contribution is 4.89. The van der Waals surface area contributed by atoms with Gasteiger partial charge in [-0.05, 0) is 25.7 Å². The van der Waals surface area contributed by atoms with Crippen LogP contribution in [0, 0.1) is 0 Å². The number of rotatable bonds is 21. The zero-order valence-corrected chi connectivity index (χ0v) is 20.1. The lowest BCUT2D eigenvalue weighted by molar-refractivity contribution is -0.0938. The molecule has 1 rings (SSSR count). The minimum atomic E-state index is -1.00. The van der Waals surface area contributed by atoms with E-state index < -0.39 is 24.4 Å². The summed E-state index contributed by atoms with van der Waals surface area (Å²) in [7, 11) is 0. The van der Waals surface area contributed by atoms with Gasteiger partial charge in [0.15, 0.2) is 0 Å². The number of ether oxygens (including phenoxy) is 2. The highest BCUT2D eigenvalue weighted by Gasteiger charge is 2.40. The second-order valence-corrected chi connectivity index (χ2v) is 9.10. The van der Waals surface area contributed by atoms with Gasteiger partial charge in [0.2, 0.25) is 0 Å². The maximum atomic E-state index is 9.91. The molecule has 0 aromatic carbocycles. The van der Waals surface area contributed by atoms with E-state index in [1.807, 2.05) is 0 Å². The molecule has 5 heteroatoms. The number of hydrogen-bond donors (Lipinski definition) is 3. The molecule has 0 aromatic rings. The topological polar surface area (TPSA) is 79.2 Å². The van der Waals surface area contributed by atoms with Crippen LogP contribution in [0.4, 0.5) is 0 Å². The van der Waals surface area contributed by atoms with Gasteiger partial charge >= 0.3 is 0 Å². The Morgan fingerprint density at radius 1 is 0.839 bits per heavy atom. The van der Waals surface area contributed by atoms with Gasteiger partial charge < -0.3 is 24.8 Å². The first-order valence-corrected chi connectivity index (χ1v) is 13.1. The van der Waals surface area contributed by atoms with Crippen molar-refractivity contribution in [3.8, 4) is 0 Å². The fourth-order valence-electron chi connectivity index (χ4n) is 4.19. The molecule has 0 aliphatic carbocycles. The largest absolute Gasteiger partial charge is 0.394 e. The molecule has 0 unspecified atom stereocenters. The van der Waals surface area contributed by atoms with Crippen LogP contribution >= 0.6 is 0 Å². The summed E-state index contributed by atoms with van der Waals surface area (Å²) in [6.45, 7) is 2.57. The van der Waals surface area contributed by atoms with Gasteiger partial charge in [-0.2, -0.15) is 0 Å². The molecule has 31 heavy (non-hydrogen) atoms. The summed E-state index contributed by atoms with van der Waals surface area (Å²) in [5, 5.41) is 28.7. The van der Waals surface area contributed by atoms with Crippen LogP contribution in [0.1, 0.15) is 110 Å². The van der Waals surface area contributed by atoms with Crippen LogP contribution in [-0.4, -0.2) is 59.6 Å². The maximum absolute atomic E-state index is 9.91. The quantitative estimate of drug-likeness (QED) is 0.166. The van der Waals surface area contributed by atoms with E-state index >= 15 is 0 Å². The predicted molar refractivity (Wildman–Crippen MR) is 127 cm³/mol. The van der Waals surface area contributed by atoms with Crippen molar-refractivity contribution in [2.75, 3.05) is 19.8 Å². The van der Waals surface area contributed by atoms with Gasteiger partial charge in [0.1, 0.15) is 24.4 Å². The minimum absolute atomic E-state index is 0.156. The molecule has 5 nitrogen and oxygen atoms in total. The van der Waals surface area contributed by atoms with E-state index in [-0.39, 0.29) is 13.2 Å². The van der Waals surface area contributed by atoms with Gasteiger partial charge in [-0.15, -0.1) is 0 Å². The third kappa shape index (κ3) is 14.3. The third-order valence-corrected chi connectivity index (χ3v) is 6.18. The van der Waals surface area contributed by atoms with Crippen LogP contribution in [0.5, 0.6) is 0 Å². The summed E-state index contributed by atoms with van der Waals surface area (Å²) in [5.41, 5.74) is 0. The maximum Gasteiger partial charge on any atom is 0.114 e. The molecule has 4 atom stereocenters. The molecule has 0 radical (unpaired) electrons. The Morgan fingerprint density at radius 2 is 1.35 bits per heavy atom. The van der Waals surface area contributed by atoms with E-state index in [0.29, 0.717) is 6.61 Å². The first-order valence-electron chi connectivity index (χ1n) is 13.1. The summed E-state index contributed by atoms with van der Waals surface area (Å²) in [5.74, 6) is 0. The Morgan fingerprint density at radius 3 is 1.90 bits per heavy atom. The summed E-state index contributed by atoms with van der Waals surface area (Å²) in [6.07, 6.45) is 22.5. The molecule has 0 amide bonds. The van der Waals surface area contributed by atoms with Crippen LogP contribution < -0.4 is 0 Å². The van der Waals surface area contributed by atoms with Crippen LogP contribution in [0.25, 0.3) is 0 Å². The Bertz CT molecular complexity index is 415. The van der Waals surface area contributed by atoms with Gasteiger partial charge in [0, 0.05) is 6.61 Å². The van der Waals surface area contributed by atoms with Gasteiger partial charge in [0.05, 0.1) is 13.2 Å². The zero-order valence-electron chi connectivity index (χ0n) is 20.1. The number of hydrogen-bond acceptors (Lipinski definition) is 5. The Hall–Kier alpha value is -0.460. The lowest BCUT2D eigenvalue weighted by Gasteiger charge is -2.23. The van der Waals surface area contributed by atoms with Crippen molar-refractivity contribution >= 4 is 0 Å². The van der Waals surface area contributed by atoms with Crippen molar-refractivity contribution in [3.63, 3.8) is 0 Å². The monoisotopic (exact) mass is 442 g/mol. The molecular weight excluding hydrogens is 392 g/mol. The van der Waals surface area contributed by atoms with E-state index in [1.165, 1.54) is 89.9 Å². The highest BCUT2D eigenvalue weighted by Crippen LogP contribution is 2.21. The molecule has 1 heterocycles. The third-order valence-electron chi connectivity index (χ3n) is 6.18. The average molecular weight is 443 g/mol. The van der Waals surface area contributed by atoms with E-state index in [2.05, 4.69) is 19.1 Å². The van der Waals surface area contributed by atoms with Crippen LogP contribution in [0.3, 0.4) is 0 Å². The summed E-state index contributed by atoms with van der Waals surface area (Å²) >= 11 is 0. The lowest BCUT2D eigenvalue weighted by atomic mass is 10.0. The van der Waals surface area contributed by atoms with Crippen molar-refractivity contribution in [1.82, 2.24) is 0 Å². The van der Waals surface area contributed by atoms with Crippen molar-refractivity contribution in [1.29, 1.82) is 0 Å². The molecule has 1 fully saturated rings. The van der Waals surface area contributed by atoms with Gasteiger partial charge in [-0.3, -0.25) is 0 Å². The molecule has 1 aliphatic heterocycles. The minimum Gasteiger partial charge on any atom is -0.394 e. The summed E-state index contributed by atoms with van der Waals surface area (Å²) < 4.78 is 11.1. The fraction of sp³-hybridized carbons (Fsp3) is 0.923. The van der Waals surface area contributed by atoms with Crippen molar-refractivity contribution < 1.29 is 24.8 Å². The molecule has 1 aliphatic rings. The SMILES string of the molecule is CCC/C=C/CCCCCCCCCCCCCCCO[C@H]1[C@@H]([C@@H](O)CO)OC[C@H]1O. The Labute approximate surface area is 191 Å². The van der Waals surface area contributed by atoms with E-state index in [4.69, 9.17) is 14.6 Å². The first-order chi connectivity index (χ1) is 15.2. The summed E-state index contributed by atoms with van der Waals surface area (Å²) in [4.78, 5) is 0. The second kappa shape index (κ2) is 20.2. The summed E-state index contributed by atoms with van der Waals surface area (Å²) in [6, 6.07) is 0. The molecular formula is C26H50O5. The second-order valence-electron chi connectivity index (χ2n) is 9.10. The number of allylic oxidation sites excluding steroid dienone is 2. The molecule has 0 bridgehead atoms. The van der Waals surface area contributed by atoms with Gasteiger partial charge in [0.25, 0.3) is 0 Å². The first kappa shape index (κ1) is 28.6. The van der Waals surface area contributed by atoms with Crippen LogP contribution in [-0.2, 0) is 9.47 Å². The van der Waals surface area contributed by atoms with Crippen molar-refractivity contribution in [2.24, 2.45) is 0 Å². The van der Waals surface area contributed by atoms with E-state index in [0.717, 1.165) is 12.8 Å². The number of aliphatic hydroxyl groups excluding tert-OH is 3. The molecule has 0 aromatic heterocycles. The lowest BCUT2D eigenvalue weighted by Crippen LogP contribution is -2.42. The molecule has 1 saturated heterocycles. The zero-order chi connectivity index (χ0) is 22.6. The highest BCUT2D eigenvalue weighted by atomic mass is 16.6. The number of unbranched alkanes of at least 4 members (excludes halogenated alkanes) is 14. The van der Waals surface area contributed by atoms with Gasteiger partial charge in [-0.1, -0.05) is 96.1 Å². The normalized spacial score (nSPS) is 22.5. The van der Waals surface area contributed by atoms with Crippen LogP contribution in [0.15, 0.2) is 12.2 Å². The number of aliphatic hydroxyl groups is 3. The Kier molecular flexibility index (Phi) is 18.6. The Balaban J connectivity index is 1.81. The van der Waals surface area contributed by atoms with E-state index in [9.17, 15) is 10.2 Å². The van der Waals surface area contributed by atoms with Crippen molar-refractivity contribution in [3.05, 3.63) is 12.2 Å². The van der Waals surface area contributed by atoms with Crippen LogP contribution in [0.2, 0.25) is 0 Å². The molecule has 0 spiro atoms. The predicted octanol–water partition coefficient (Wildman–Crippen LogP) is 5.30. The standard InChI is InChI=1S/C26H50O5/c1-2-3-4-5-6-7-8-9-10-11-12-13-14-15-16-17-18-19-20-30-26-24(29)22-31-25(26)23(28)21-27/h4-5,23-29H,2-3,6-22H2,1H3/b5-4+/t23-,24+,25+,26+/m0/s1. The molecule has 3 N–H and O–H groups in total. The van der Waals surface area contributed by atoms with Gasteiger partial charge in [-0.25, -0.2) is 0 Å². The fourth-order valence-corrected chi connectivity index (χ4v) is 4.19. The molecule has 0 saturated carbocycles. The molecule has 184 valence electrons. The average Bonchev–Trinajstić information content (AvgIpc) is 3.15.